The lowest BCUT2D eigenvalue weighted by Gasteiger charge is -2.29. The van der Waals surface area contributed by atoms with E-state index in [1.807, 2.05) is 24.3 Å². The van der Waals surface area contributed by atoms with Gasteiger partial charge in [0.05, 0.1) is 0 Å². The van der Waals surface area contributed by atoms with Crippen LogP contribution in [0.4, 0.5) is 34.1 Å². The van der Waals surface area contributed by atoms with Gasteiger partial charge in [0.2, 0.25) is 0 Å². The maximum absolute atomic E-state index is 9.76. The molecule has 0 bridgehead atoms. The highest BCUT2D eigenvalue weighted by atomic mass is 16.3. The van der Waals surface area contributed by atoms with E-state index in [1.54, 1.807) is 24.3 Å². The van der Waals surface area contributed by atoms with Gasteiger partial charge in [0.25, 0.3) is 0 Å². The number of phenolic OH excluding ortho intramolecular Hbond substituents is 2. The van der Waals surface area contributed by atoms with Crippen LogP contribution in [-0.4, -0.2) is 10.2 Å². The van der Waals surface area contributed by atoms with Crippen LogP contribution in [0.1, 0.15) is 47.2 Å². The quantitative estimate of drug-likeness (QED) is 0.130. The Balaban J connectivity index is 1.05. The van der Waals surface area contributed by atoms with Gasteiger partial charge >= 0.3 is 0 Å². The zero-order valence-electron chi connectivity index (χ0n) is 33.6. The molecule has 4 nitrogen and oxygen atoms in total. The molecular weight excluding hydrogens is 721 g/mol. The molecule has 0 heterocycles. The molecule has 0 fully saturated rings. The average Bonchev–Trinajstić information content (AvgIpc) is 3.49. The van der Waals surface area contributed by atoms with E-state index in [1.165, 1.54) is 44.5 Å². The summed E-state index contributed by atoms with van der Waals surface area (Å²) in [5.41, 5.74) is 16.6. The summed E-state index contributed by atoms with van der Waals surface area (Å²) in [6, 6.07) is 68.1. The fourth-order valence-corrected chi connectivity index (χ4v) is 8.64. The van der Waals surface area contributed by atoms with E-state index in [9.17, 15) is 10.2 Å². The molecule has 0 aliphatic heterocycles. The molecule has 0 amide bonds. The molecule has 0 spiro atoms. The van der Waals surface area contributed by atoms with Crippen molar-refractivity contribution in [3.05, 3.63) is 228 Å². The third kappa shape index (κ3) is 7.82. The van der Waals surface area contributed by atoms with Crippen LogP contribution >= 0.6 is 0 Å². The molecule has 0 saturated carbocycles. The molecule has 1 aliphatic rings. The summed E-state index contributed by atoms with van der Waals surface area (Å²) in [4.78, 5) is 4.75. The van der Waals surface area contributed by atoms with E-state index < -0.39 is 0 Å². The second kappa shape index (κ2) is 16.1. The van der Waals surface area contributed by atoms with Crippen molar-refractivity contribution in [2.24, 2.45) is 0 Å². The zero-order chi connectivity index (χ0) is 40.3. The fraction of sp³-hybridized carbons (Fsp3) is 0.127. The first-order chi connectivity index (χ1) is 28.8. The lowest BCUT2D eigenvalue weighted by molar-refractivity contribution is 0.474. The van der Waals surface area contributed by atoms with E-state index in [0.717, 1.165) is 59.8 Å². The number of rotatable bonds is 12. The minimum Gasteiger partial charge on any atom is -0.508 e. The third-order valence-corrected chi connectivity index (χ3v) is 11.8. The number of nitrogens with zero attached hydrogens (tertiary/aromatic N) is 2. The number of hydrogen-bond donors (Lipinski definition) is 2. The Morgan fingerprint density at radius 1 is 0.339 bits per heavy atom. The average molecular weight is 769 g/mol. The monoisotopic (exact) mass is 768 g/mol. The maximum atomic E-state index is 9.76. The molecular formula is C55H48N2O2. The van der Waals surface area contributed by atoms with Crippen LogP contribution in [0.15, 0.2) is 194 Å². The number of phenols is 2. The lowest BCUT2D eigenvalue weighted by Crippen LogP contribution is -2.17. The normalized spacial score (nSPS) is 12.4. The fourth-order valence-electron chi connectivity index (χ4n) is 8.64. The summed E-state index contributed by atoms with van der Waals surface area (Å²) in [5, 5.41) is 19.5. The Morgan fingerprint density at radius 2 is 0.695 bits per heavy atom. The molecule has 1 aliphatic carbocycles. The van der Waals surface area contributed by atoms with Gasteiger partial charge in [-0.25, -0.2) is 0 Å². The van der Waals surface area contributed by atoms with Crippen LogP contribution in [0.5, 0.6) is 11.5 Å². The summed E-state index contributed by atoms with van der Waals surface area (Å²) >= 11 is 0. The second-order valence-corrected chi connectivity index (χ2v) is 16.1. The maximum Gasteiger partial charge on any atom is 0.115 e. The SMILES string of the molecule is CC1(C)c2cc(N(c3ccccc3)c3cccc(CCc4ccc(O)cc4)c3)ccc2-c2ccc(N(c3ccccc3)c3cccc(CCc4ccc(O)cc4)c3)cc21. The van der Waals surface area contributed by atoms with Crippen molar-refractivity contribution in [1.29, 1.82) is 0 Å². The van der Waals surface area contributed by atoms with Gasteiger partial charge < -0.3 is 20.0 Å². The molecule has 0 aromatic heterocycles. The Kier molecular flexibility index (Phi) is 10.2. The van der Waals surface area contributed by atoms with E-state index in [-0.39, 0.29) is 5.41 Å². The van der Waals surface area contributed by atoms with Gasteiger partial charge in [-0.1, -0.05) is 111 Å². The van der Waals surface area contributed by atoms with Crippen LogP contribution in [0.3, 0.4) is 0 Å². The van der Waals surface area contributed by atoms with Gasteiger partial charge in [-0.2, -0.15) is 0 Å². The summed E-state index contributed by atoms with van der Waals surface area (Å²) in [5.74, 6) is 0.593. The highest BCUT2D eigenvalue weighted by Gasteiger charge is 2.37. The first-order valence-electron chi connectivity index (χ1n) is 20.5. The molecule has 8 aromatic rings. The van der Waals surface area contributed by atoms with Gasteiger partial charge in [-0.05, 0) is 167 Å². The summed E-state index contributed by atoms with van der Waals surface area (Å²) < 4.78 is 0. The van der Waals surface area contributed by atoms with E-state index in [0.29, 0.717) is 11.5 Å². The highest BCUT2D eigenvalue weighted by molar-refractivity contribution is 5.88. The molecule has 290 valence electrons. The van der Waals surface area contributed by atoms with Gasteiger partial charge in [0, 0.05) is 39.5 Å². The molecule has 9 rings (SSSR count). The number of fused-ring (bicyclic) bond motifs is 3. The predicted octanol–water partition coefficient (Wildman–Crippen LogP) is 13.9. The first-order valence-corrected chi connectivity index (χ1v) is 20.5. The molecule has 2 N–H and O–H groups in total. The van der Waals surface area contributed by atoms with Crippen molar-refractivity contribution in [2.75, 3.05) is 9.80 Å². The Labute approximate surface area is 347 Å². The Hall–Kier alpha value is -7.04. The summed E-state index contributed by atoms with van der Waals surface area (Å²) in [7, 11) is 0. The highest BCUT2D eigenvalue weighted by Crippen LogP contribution is 2.52. The number of aryl methyl sites for hydroxylation is 4. The zero-order valence-corrected chi connectivity index (χ0v) is 33.6. The van der Waals surface area contributed by atoms with E-state index in [2.05, 4.69) is 169 Å². The molecule has 0 saturated heterocycles. The summed E-state index contributed by atoms with van der Waals surface area (Å²) in [6.07, 6.45) is 3.60. The number of para-hydroxylation sites is 2. The van der Waals surface area contributed by atoms with E-state index in [4.69, 9.17) is 0 Å². The van der Waals surface area contributed by atoms with E-state index >= 15 is 0 Å². The lowest BCUT2D eigenvalue weighted by atomic mass is 9.82. The van der Waals surface area contributed by atoms with Crippen LogP contribution in [0, 0.1) is 0 Å². The van der Waals surface area contributed by atoms with Gasteiger partial charge in [-0.15, -0.1) is 0 Å². The summed E-state index contributed by atoms with van der Waals surface area (Å²) in [6.45, 7) is 4.72. The van der Waals surface area contributed by atoms with Crippen molar-refractivity contribution in [3.63, 3.8) is 0 Å². The van der Waals surface area contributed by atoms with Crippen molar-refractivity contribution in [2.45, 2.75) is 44.9 Å². The van der Waals surface area contributed by atoms with Crippen LogP contribution in [0.2, 0.25) is 0 Å². The molecule has 4 heteroatoms. The number of hydrogen-bond acceptors (Lipinski definition) is 4. The molecule has 59 heavy (non-hydrogen) atoms. The van der Waals surface area contributed by atoms with Crippen LogP contribution in [-0.2, 0) is 31.1 Å². The van der Waals surface area contributed by atoms with Crippen molar-refractivity contribution in [1.82, 2.24) is 0 Å². The van der Waals surface area contributed by atoms with Crippen molar-refractivity contribution in [3.8, 4) is 22.6 Å². The molecule has 0 unspecified atom stereocenters. The Bertz CT molecular complexity index is 2520. The minimum atomic E-state index is -0.251. The van der Waals surface area contributed by atoms with Crippen molar-refractivity contribution >= 4 is 34.1 Å². The largest absolute Gasteiger partial charge is 0.508 e. The molecule has 8 aromatic carbocycles. The van der Waals surface area contributed by atoms with Crippen LogP contribution in [0.25, 0.3) is 11.1 Å². The number of aromatic hydroxyl groups is 2. The molecule has 0 atom stereocenters. The topological polar surface area (TPSA) is 46.9 Å². The minimum absolute atomic E-state index is 0.251. The standard InChI is InChI=1S/C55H48N2O2/c1-55(2)53-37-47(56(43-13-5-3-6-14-43)45-17-9-11-41(35-45)21-19-39-23-29-49(58)30-24-39)27-33-51(53)52-34-28-48(38-54(52)55)57(44-15-7-4-8-16-44)46-18-10-12-42(36-46)22-20-40-25-31-50(59)32-26-40/h3-18,23-38,58-59H,19-22H2,1-2H3. The smallest absolute Gasteiger partial charge is 0.115 e. The molecule has 0 radical (unpaired) electrons. The third-order valence-electron chi connectivity index (χ3n) is 11.8. The predicted molar refractivity (Wildman–Crippen MR) is 244 cm³/mol. The van der Waals surface area contributed by atoms with Gasteiger partial charge in [-0.3, -0.25) is 0 Å². The van der Waals surface area contributed by atoms with Gasteiger partial charge in [0.15, 0.2) is 0 Å². The Morgan fingerprint density at radius 3 is 1.10 bits per heavy atom. The van der Waals surface area contributed by atoms with Gasteiger partial charge in [0.1, 0.15) is 11.5 Å². The number of benzene rings is 8. The second-order valence-electron chi connectivity index (χ2n) is 16.1. The number of anilines is 6. The van der Waals surface area contributed by atoms with Crippen molar-refractivity contribution < 1.29 is 10.2 Å². The van der Waals surface area contributed by atoms with Crippen LogP contribution < -0.4 is 9.80 Å². The first kappa shape index (κ1) is 37.5.